The molecule has 2 bridgehead atoms. The molecule has 2 amide bonds. The van der Waals surface area contributed by atoms with Crippen LogP contribution in [0.25, 0.3) is 0 Å². The highest BCUT2D eigenvalue weighted by Gasteiger charge is 2.59. The van der Waals surface area contributed by atoms with Gasteiger partial charge in [-0.2, -0.15) is 0 Å². The lowest BCUT2D eigenvalue weighted by molar-refractivity contribution is -0.123. The molecule has 2 aliphatic carbocycles. The largest absolute Gasteiger partial charge is 0.478 e. The first-order valence-electron chi connectivity index (χ1n) is 6.97. The fourth-order valence-electron chi connectivity index (χ4n) is 3.91. The number of rotatable bonds is 2. The van der Waals surface area contributed by atoms with Crippen molar-refractivity contribution in [3.8, 4) is 0 Å². The first-order chi connectivity index (χ1) is 10.1. The van der Waals surface area contributed by atoms with Crippen LogP contribution in [0.2, 0.25) is 0 Å². The number of amides is 2. The molecule has 1 saturated heterocycles. The predicted octanol–water partition coefficient (Wildman–Crippen LogP) is 1.70. The molecule has 4 rings (SSSR count). The number of aromatic carboxylic acids is 1. The Hall–Kier alpha value is -2.43. The van der Waals surface area contributed by atoms with Gasteiger partial charge in [-0.25, -0.2) is 4.79 Å². The van der Waals surface area contributed by atoms with E-state index in [1.165, 1.54) is 29.2 Å². The number of benzene rings is 1. The van der Waals surface area contributed by atoms with Crippen LogP contribution in [0.3, 0.4) is 0 Å². The first-order valence-corrected chi connectivity index (χ1v) is 6.97. The highest BCUT2D eigenvalue weighted by Crippen LogP contribution is 2.53. The van der Waals surface area contributed by atoms with E-state index in [4.69, 9.17) is 5.11 Å². The van der Waals surface area contributed by atoms with Crippen LogP contribution in [0.1, 0.15) is 16.8 Å². The zero-order valence-electron chi connectivity index (χ0n) is 11.1. The van der Waals surface area contributed by atoms with Crippen LogP contribution in [-0.2, 0) is 9.59 Å². The Balaban J connectivity index is 1.69. The summed E-state index contributed by atoms with van der Waals surface area (Å²) < 4.78 is 0. The summed E-state index contributed by atoms with van der Waals surface area (Å²) in [6.45, 7) is 0. The molecule has 5 heteroatoms. The van der Waals surface area contributed by atoms with Crippen LogP contribution >= 0.6 is 0 Å². The minimum absolute atomic E-state index is 0.139. The van der Waals surface area contributed by atoms with Crippen LogP contribution in [-0.4, -0.2) is 22.9 Å². The molecule has 1 aromatic rings. The SMILES string of the molecule is O=C(O)c1ccc(N2C(=O)[C@@H]3[C@H](C2=O)[C@H]2C=C[C@H]3C2)cc1. The van der Waals surface area contributed by atoms with E-state index in [9.17, 15) is 14.4 Å². The van der Waals surface area contributed by atoms with Crippen LogP contribution in [0.15, 0.2) is 36.4 Å². The number of imide groups is 1. The van der Waals surface area contributed by atoms with E-state index < -0.39 is 5.97 Å². The predicted molar refractivity (Wildman–Crippen MR) is 73.6 cm³/mol. The van der Waals surface area contributed by atoms with Gasteiger partial charge in [-0.15, -0.1) is 0 Å². The van der Waals surface area contributed by atoms with Crippen LogP contribution in [0, 0.1) is 23.7 Å². The number of carbonyl (C=O) groups excluding carboxylic acids is 2. The Kier molecular flexibility index (Phi) is 2.37. The maximum Gasteiger partial charge on any atom is 0.335 e. The molecule has 1 saturated carbocycles. The molecule has 0 spiro atoms. The van der Waals surface area contributed by atoms with Gasteiger partial charge in [0.15, 0.2) is 0 Å². The summed E-state index contributed by atoms with van der Waals surface area (Å²) >= 11 is 0. The van der Waals surface area contributed by atoms with Crippen LogP contribution in [0.5, 0.6) is 0 Å². The lowest BCUT2D eigenvalue weighted by Crippen LogP contribution is -2.32. The van der Waals surface area contributed by atoms with Crippen molar-refractivity contribution in [1.29, 1.82) is 0 Å². The number of nitrogens with zero attached hydrogens (tertiary/aromatic N) is 1. The number of carboxylic acid groups (broad SMARTS) is 1. The molecule has 3 aliphatic rings. The summed E-state index contributed by atoms with van der Waals surface area (Å²) in [6.07, 6.45) is 5.00. The number of hydrogen-bond acceptors (Lipinski definition) is 3. The van der Waals surface area contributed by atoms with Gasteiger partial charge in [0.2, 0.25) is 11.8 Å². The van der Waals surface area contributed by atoms with Crippen molar-refractivity contribution in [2.75, 3.05) is 4.90 Å². The van der Waals surface area contributed by atoms with Crippen LogP contribution in [0.4, 0.5) is 5.69 Å². The summed E-state index contributed by atoms with van der Waals surface area (Å²) in [7, 11) is 0. The molecule has 106 valence electrons. The third kappa shape index (κ3) is 1.54. The van der Waals surface area contributed by atoms with Gasteiger partial charge in [0, 0.05) is 0 Å². The van der Waals surface area contributed by atoms with E-state index in [0.29, 0.717) is 5.69 Å². The summed E-state index contributed by atoms with van der Waals surface area (Å²) in [4.78, 5) is 37.2. The Morgan fingerprint density at radius 2 is 1.52 bits per heavy atom. The summed E-state index contributed by atoms with van der Waals surface area (Å²) in [5.41, 5.74) is 0.601. The van der Waals surface area contributed by atoms with Gasteiger partial charge < -0.3 is 5.11 Å². The summed E-state index contributed by atoms with van der Waals surface area (Å²) in [5.74, 6) is -1.42. The van der Waals surface area contributed by atoms with Gasteiger partial charge in [0.1, 0.15) is 0 Å². The summed E-state index contributed by atoms with van der Waals surface area (Å²) in [6, 6.07) is 5.88. The number of anilines is 1. The molecule has 5 nitrogen and oxygen atoms in total. The fourth-order valence-corrected chi connectivity index (χ4v) is 3.91. The molecule has 1 N–H and O–H groups in total. The number of fused-ring (bicyclic) bond motifs is 5. The van der Waals surface area contributed by atoms with Crippen molar-refractivity contribution >= 4 is 23.5 Å². The molecule has 2 fully saturated rings. The van der Waals surface area contributed by atoms with Gasteiger partial charge in [-0.3, -0.25) is 14.5 Å². The number of allylic oxidation sites excluding steroid dienone is 2. The van der Waals surface area contributed by atoms with E-state index in [0.717, 1.165) is 6.42 Å². The van der Waals surface area contributed by atoms with Gasteiger partial charge in [0.25, 0.3) is 0 Å². The molecule has 21 heavy (non-hydrogen) atoms. The highest BCUT2D eigenvalue weighted by molar-refractivity contribution is 6.22. The van der Waals surface area contributed by atoms with Crippen LogP contribution < -0.4 is 4.90 Å². The van der Waals surface area contributed by atoms with E-state index in [2.05, 4.69) is 0 Å². The average Bonchev–Trinajstić information content (AvgIpc) is 3.13. The van der Waals surface area contributed by atoms with Crippen molar-refractivity contribution in [1.82, 2.24) is 0 Å². The Labute approximate surface area is 120 Å². The van der Waals surface area contributed by atoms with Crippen molar-refractivity contribution in [2.24, 2.45) is 23.7 Å². The monoisotopic (exact) mass is 283 g/mol. The Morgan fingerprint density at radius 1 is 1.00 bits per heavy atom. The molecule has 1 heterocycles. The second kappa shape index (κ2) is 4.04. The number of carboxylic acids is 1. The normalized spacial score (nSPS) is 32.9. The second-order valence-corrected chi connectivity index (χ2v) is 5.86. The quantitative estimate of drug-likeness (QED) is 0.662. The maximum absolute atomic E-state index is 12.6. The molecule has 4 atom stereocenters. The fraction of sp³-hybridized carbons (Fsp3) is 0.312. The molecule has 1 aromatic carbocycles. The minimum Gasteiger partial charge on any atom is -0.478 e. The molecule has 0 radical (unpaired) electrons. The van der Waals surface area contributed by atoms with Crippen molar-refractivity contribution in [3.63, 3.8) is 0 Å². The number of hydrogen-bond donors (Lipinski definition) is 1. The zero-order valence-corrected chi connectivity index (χ0v) is 11.1. The van der Waals surface area contributed by atoms with Gasteiger partial charge in [-0.05, 0) is 42.5 Å². The molecule has 1 aliphatic heterocycles. The van der Waals surface area contributed by atoms with Gasteiger partial charge in [0.05, 0.1) is 23.1 Å². The van der Waals surface area contributed by atoms with E-state index in [1.807, 2.05) is 12.2 Å². The van der Waals surface area contributed by atoms with E-state index >= 15 is 0 Å². The standard InChI is InChI=1S/C16H13NO4/c18-14-12-9-1-2-10(7-9)13(12)15(19)17(14)11-5-3-8(4-6-11)16(20)21/h1-6,9-10,12-13H,7H2,(H,20,21)/t9-,10-,12-,13+/m0/s1. The highest BCUT2D eigenvalue weighted by atomic mass is 16.4. The van der Waals surface area contributed by atoms with Crippen molar-refractivity contribution < 1.29 is 19.5 Å². The van der Waals surface area contributed by atoms with E-state index in [-0.39, 0.29) is 41.0 Å². The molecular weight excluding hydrogens is 270 g/mol. The third-order valence-electron chi connectivity index (χ3n) is 4.84. The lowest BCUT2D eigenvalue weighted by Gasteiger charge is -2.17. The number of carbonyl (C=O) groups is 3. The first kappa shape index (κ1) is 12.3. The Morgan fingerprint density at radius 3 is 2.00 bits per heavy atom. The third-order valence-corrected chi connectivity index (χ3v) is 4.84. The van der Waals surface area contributed by atoms with E-state index in [1.54, 1.807) is 0 Å². The molecule has 0 unspecified atom stereocenters. The maximum atomic E-state index is 12.6. The Bertz CT molecular complexity index is 661. The smallest absolute Gasteiger partial charge is 0.335 e. The topological polar surface area (TPSA) is 74.7 Å². The summed E-state index contributed by atoms with van der Waals surface area (Å²) in [5, 5.41) is 8.90. The van der Waals surface area contributed by atoms with Gasteiger partial charge in [-0.1, -0.05) is 12.2 Å². The molecular formula is C16H13NO4. The van der Waals surface area contributed by atoms with Crippen molar-refractivity contribution in [2.45, 2.75) is 6.42 Å². The lowest BCUT2D eigenvalue weighted by atomic mass is 9.85. The molecule has 0 aromatic heterocycles. The zero-order chi connectivity index (χ0) is 14.7. The van der Waals surface area contributed by atoms with Crippen molar-refractivity contribution in [3.05, 3.63) is 42.0 Å². The van der Waals surface area contributed by atoms with Gasteiger partial charge >= 0.3 is 5.97 Å². The second-order valence-electron chi connectivity index (χ2n) is 5.86. The minimum atomic E-state index is -1.03. The average molecular weight is 283 g/mol.